The molecule has 0 rings (SSSR count). The van der Waals surface area contributed by atoms with Crippen molar-refractivity contribution in [3.8, 4) is 0 Å². The predicted molar refractivity (Wildman–Crippen MR) is 134 cm³/mol. The first kappa shape index (κ1) is 37.0. The molecule has 29 heavy (non-hydrogen) atoms. The fourth-order valence-corrected chi connectivity index (χ4v) is 2.52. The van der Waals surface area contributed by atoms with E-state index in [0.717, 1.165) is 37.0 Å². The molecular weight excluding hydrogens is 467 g/mol. The van der Waals surface area contributed by atoms with E-state index in [1.165, 1.54) is 80.3 Å². The molecule has 0 aliphatic rings. The molecule has 180 valence electrons. The van der Waals surface area contributed by atoms with E-state index in [0.29, 0.717) is 19.8 Å². The number of aliphatic hydroxyl groups excluding tert-OH is 3. The van der Waals surface area contributed by atoms with E-state index in [4.69, 9.17) is 15.3 Å². The third-order valence-corrected chi connectivity index (χ3v) is 4.32. The van der Waals surface area contributed by atoms with Crippen LogP contribution in [-0.2, 0) is 0 Å². The molecule has 0 aromatic rings. The van der Waals surface area contributed by atoms with Crippen LogP contribution >= 0.6 is 0 Å². The van der Waals surface area contributed by atoms with Gasteiger partial charge in [0.15, 0.2) is 0 Å². The third-order valence-electron chi connectivity index (χ3n) is 4.32. The van der Waals surface area contributed by atoms with Crippen LogP contribution in [0.4, 0.5) is 0 Å². The van der Waals surface area contributed by atoms with Crippen molar-refractivity contribution >= 4 is 22.5 Å². The van der Waals surface area contributed by atoms with Crippen molar-refractivity contribution in [2.75, 3.05) is 19.8 Å². The second-order valence-corrected chi connectivity index (χ2v) is 8.90. The maximum atomic E-state index is 8.43. The van der Waals surface area contributed by atoms with E-state index < -0.39 is 0 Å². The Morgan fingerprint density at radius 3 is 0.759 bits per heavy atom. The normalized spacial score (nSPS) is 10.1. The molecule has 0 bridgehead atoms. The van der Waals surface area contributed by atoms with E-state index >= 15 is 0 Å². The topological polar surface area (TPSA) is 60.7 Å². The molecular formula is C25H58O3Sn. The van der Waals surface area contributed by atoms with E-state index in [1.54, 1.807) is 0 Å². The Labute approximate surface area is 198 Å². The molecule has 3 nitrogen and oxygen atoms in total. The van der Waals surface area contributed by atoms with Crippen LogP contribution in [0.15, 0.2) is 0 Å². The number of aliphatic hydroxyl groups is 3. The van der Waals surface area contributed by atoms with Gasteiger partial charge in [0.1, 0.15) is 0 Å². The first-order valence-corrected chi connectivity index (χ1v) is 15.5. The van der Waals surface area contributed by atoms with Gasteiger partial charge in [-0.25, -0.2) is 0 Å². The quantitative estimate of drug-likeness (QED) is 0.169. The molecule has 0 aromatic heterocycles. The molecule has 3 N–H and O–H groups in total. The molecule has 4 heteroatoms. The summed E-state index contributed by atoms with van der Waals surface area (Å²) in [5.41, 5.74) is 0. The van der Waals surface area contributed by atoms with Crippen LogP contribution < -0.4 is 0 Å². The molecule has 0 amide bonds. The maximum absolute atomic E-state index is 8.43. The van der Waals surface area contributed by atoms with Gasteiger partial charge in [0.25, 0.3) is 0 Å². The Bertz CT molecular complexity index is 196. The molecule has 0 unspecified atom stereocenters. The van der Waals surface area contributed by atoms with Gasteiger partial charge in [0.2, 0.25) is 0 Å². The summed E-state index contributed by atoms with van der Waals surface area (Å²) in [6.07, 6.45) is 14.2. The van der Waals surface area contributed by atoms with Crippen LogP contribution in [0.3, 0.4) is 0 Å². The zero-order valence-corrected chi connectivity index (χ0v) is 24.6. The van der Waals surface area contributed by atoms with E-state index in [1.807, 2.05) is 0 Å². The van der Waals surface area contributed by atoms with Crippen molar-refractivity contribution in [2.45, 2.75) is 124 Å². The standard InChI is InChI=1S/3C8H18O.CH3.Sn.H/c3*1-8(2)6-4-3-5-7-9;;;/h3*8-9H,3-7H2,1-2H3;1H3;;. The van der Waals surface area contributed by atoms with Gasteiger partial charge >= 0.3 is 27.5 Å². The Balaban J connectivity index is -0.000000155. The molecule has 0 saturated heterocycles. The minimum absolute atomic E-state index is 0.359. The number of rotatable bonds is 15. The summed E-state index contributed by atoms with van der Waals surface area (Å²) in [5.74, 6) is 2.47. The number of hydrogen-bond donors (Lipinski definition) is 3. The Morgan fingerprint density at radius 1 is 0.414 bits per heavy atom. The summed E-state index contributed by atoms with van der Waals surface area (Å²) >= 11 is 1.35. The monoisotopic (exact) mass is 526 g/mol. The van der Waals surface area contributed by atoms with Crippen LogP contribution in [0.25, 0.3) is 0 Å². The molecule has 0 aromatic carbocycles. The Kier molecular flexibility index (Phi) is 46.0. The van der Waals surface area contributed by atoms with Crippen molar-refractivity contribution in [3.63, 3.8) is 0 Å². The SMILES string of the molecule is CC(C)CCCCCO.CC(C)CCCCCO.CC(C)CCCCCO.[CH3][SnH]. The summed E-state index contributed by atoms with van der Waals surface area (Å²) in [5, 5.41) is 25.3. The zero-order valence-electron chi connectivity index (χ0n) is 21.3. The third kappa shape index (κ3) is 58.5. The zero-order chi connectivity index (χ0) is 23.3. The summed E-state index contributed by atoms with van der Waals surface area (Å²) in [6.45, 7) is 14.5. The van der Waals surface area contributed by atoms with Crippen molar-refractivity contribution in [1.82, 2.24) is 0 Å². The van der Waals surface area contributed by atoms with Crippen LogP contribution in [-0.4, -0.2) is 57.7 Å². The summed E-state index contributed by atoms with van der Waals surface area (Å²) < 4.78 is 0. The predicted octanol–water partition coefficient (Wildman–Crippen LogP) is 6.52. The summed E-state index contributed by atoms with van der Waals surface area (Å²) in [6, 6.07) is 0. The first-order chi connectivity index (χ1) is 13.8. The summed E-state index contributed by atoms with van der Waals surface area (Å²) in [7, 11) is 0. The van der Waals surface area contributed by atoms with Gasteiger partial charge in [0, 0.05) is 19.8 Å². The van der Waals surface area contributed by atoms with Crippen molar-refractivity contribution in [3.05, 3.63) is 0 Å². The van der Waals surface area contributed by atoms with Gasteiger partial charge in [-0.1, -0.05) is 99.3 Å². The van der Waals surface area contributed by atoms with E-state index in [2.05, 4.69) is 46.5 Å². The van der Waals surface area contributed by atoms with Gasteiger partial charge in [0.05, 0.1) is 0 Å². The van der Waals surface area contributed by atoms with E-state index in [9.17, 15) is 0 Å². The van der Waals surface area contributed by atoms with Gasteiger partial charge in [-0.15, -0.1) is 0 Å². The molecule has 0 atom stereocenters. The fraction of sp³-hybridized carbons (Fsp3) is 1.00. The van der Waals surface area contributed by atoms with Crippen LogP contribution in [0.5, 0.6) is 0 Å². The van der Waals surface area contributed by atoms with Gasteiger partial charge in [-0.2, -0.15) is 0 Å². The van der Waals surface area contributed by atoms with Gasteiger partial charge < -0.3 is 15.3 Å². The van der Waals surface area contributed by atoms with Crippen molar-refractivity contribution < 1.29 is 15.3 Å². The molecule has 2 radical (unpaired) electrons. The molecule has 0 fully saturated rings. The molecule has 0 heterocycles. The second kappa shape index (κ2) is 36.1. The first-order valence-electron chi connectivity index (χ1n) is 12.2. The molecule has 0 spiro atoms. The summed E-state index contributed by atoms with van der Waals surface area (Å²) in [4.78, 5) is 2.13. The second-order valence-electron chi connectivity index (χ2n) is 8.90. The van der Waals surface area contributed by atoms with Crippen LogP contribution in [0.2, 0.25) is 4.94 Å². The van der Waals surface area contributed by atoms with Gasteiger partial charge in [-0.3, -0.25) is 0 Å². The number of hydrogen-bond acceptors (Lipinski definition) is 3. The van der Waals surface area contributed by atoms with Crippen molar-refractivity contribution in [2.24, 2.45) is 17.8 Å². The number of unbranched alkanes of at least 4 members (excludes halogenated alkanes) is 6. The average molecular weight is 525 g/mol. The van der Waals surface area contributed by atoms with Crippen LogP contribution in [0, 0.1) is 17.8 Å². The molecule has 0 aliphatic carbocycles. The fourth-order valence-electron chi connectivity index (χ4n) is 2.52. The van der Waals surface area contributed by atoms with Crippen LogP contribution in [0.1, 0.15) is 119 Å². The average Bonchev–Trinajstić information content (AvgIpc) is 2.68. The Hall–Kier alpha value is 0.679. The van der Waals surface area contributed by atoms with Gasteiger partial charge in [-0.05, 0) is 37.0 Å². The van der Waals surface area contributed by atoms with E-state index in [-0.39, 0.29) is 0 Å². The molecule has 0 aliphatic heterocycles. The van der Waals surface area contributed by atoms with Crippen molar-refractivity contribution in [1.29, 1.82) is 0 Å². The minimum atomic E-state index is 0.359. The molecule has 0 saturated carbocycles. The Morgan fingerprint density at radius 2 is 0.621 bits per heavy atom.